The van der Waals surface area contributed by atoms with Crippen LogP contribution >= 0.6 is 11.3 Å². The van der Waals surface area contributed by atoms with Gasteiger partial charge in [0.1, 0.15) is 11.9 Å². The molecule has 2 amide bonds. The van der Waals surface area contributed by atoms with Gasteiger partial charge < -0.3 is 10.0 Å². The molecule has 2 bridgehead atoms. The fourth-order valence-corrected chi connectivity index (χ4v) is 4.39. The number of carboxylic acids is 1. The predicted octanol–water partition coefficient (Wildman–Crippen LogP) is 2.86. The summed E-state index contributed by atoms with van der Waals surface area (Å²) in [7, 11) is 0. The lowest BCUT2D eigenvalue weighted by atomic mass is 9.92. The Kier molecular flexibility index (Phi) is 2.94. The number of aliphatic carboxylic acids is 1. The fraction of sp³-hybridized carbons (Fsp3) is 0.200. The third kappa shape index (κ3) is 1.88. The number of urea groups is 1. The summed E-state index contributed by atoms with van der Waals surface area (Å²) in [6.07, 6.45) is 0. The van der Waals surface area contributed by atoms with Crippen LogP contribution in [0.25, 0.3) is 11.1 Å². The van der Waals surface area contributed by atoms with Crippen molar-refractivity contribution in [1.82, 2.24) is 9.96 Å². The first-order chi connectivity index (χ1) is 11.0. The molecule has 1 unspecified atom stereocenters. The number of thiophene rings is 1. The van der Waals surface area contributed by atoms with Crippen molar-refractivity contribution in [3.63, 3.8) is 0 Å². The van der Waals surface area contributed by atoms with Crippen LogP contribution < -0.4 is 0 Å². The standard InChI is InChI=1S/C15H11FN2O4S/c16-8-3-1-7(2-4-8)9-6-23-13-10-5-17(15(21)18(10)22)12(11(9)13)14(19)20/h1-4,6,10,12,22H,5H2,(H,19,20)/t10-,12?/m1/s1. The summed E-state index contributed by atoms with van der Waals surface area (Å²) in [5.74, 6) is -1.54. The maximum atomic E-state index is 13.1. The lowest BCUT2D eigenvalue weighted by Gasteiger charge is -2.28. The number of hydroxylamine groups is 2. The van der Waals surface area contributed by atoms with Gasteiger partial charge in [-0.25, -0.2) is 14.0 Å². The summed E-state index contributed by atoms with van der Waals surface area (Å²) in [6, 6.07) is 3.31. The van der Waals surface area contributed by atoms with Crippen LogP contribution in [0, 0.1) is 5.82 Å². The van der Waals surface area contributed by atoms with Gasteiger partial charge in [-0.15, -0.1) is 11.3 Å². The van der Waals surface area contributed by atoms with Crippen LogP contribution in [-0.2, 0) is 4.79 Å². The Hall–Kier alpha value is -2.45. The minimum absolute atomic E-state index is 0.142. The fourth-order valence-electron chi connectivity index (χ4n) is 3.20. The highest BCUT2D eigenvalue weighted by molar-refractivity contribution is 7.10. The average Bonchev–Trinajstić information content (AvgIpc) is 3.06. The number of carbonyl (C=O) groups excluding carboxylic acids is 1. The maximum Gasteiger partial charge on any atom is 0.345 e. The van der Waals surface area contributed by atoms with Crippen LogP contribution in [0.2, 0.25) is 0 Å². The third-order valence-corrected chi connectivity index (χ3v) is 5.34. The topological polar surface area (TPSA) is 81.1 Å². The quantitative estimate of drug-likeness (QED) is 0.828. The van der Waals surface area contributed by atoms with E-state index in [1.54, 1.807) is 17.5 Å². The molecular weight excluding hydrogens is 323 g/mol. The summed E-state index contributed by atoms with van der Waals surface area (Å²) in [6.45, 7) is 0.142. The minimum Gasteiger partial charge on any atom is -0.479 e. The highest BCUT2D eigenvalue weighted by Gasteiger charge is 2.51. The van der Waals surface area contributed by atoms with Gasteiger partial charge in [-0.3, -0.25) is 5.21 Å². The number of rotatable bonds is 2. The van der Waals surface area contributed by atoms with E-state index < -0.39 is 24.1 Å². The highest BCUT2D eigenvalue weighted by atomic mass is 32.1. The molecule has 3 heterocycles. The molecule has 1 aromatic heterocycles. The first-order valence-corrected chi connectivity index (χ1v) is 7.75. The van der Waals surface area contributed by atoms with Crippen molar-refractivity contribution in [2.75, 3.05) is 6.54 Å². The Morgan fingerprint density at radius 1 is 1.30 bits per heavy atom. The maximum absolute atomic E-state index is 13.1. The third-order valence-electron chi connectivity index (χ3n) is 4.24. The SMILES string of the molecule is O=C(O)C1c2c(-c3ccc(F)cc3)csc2[C@H]2CN1C(=O)N2O. The molecule has 1 aromatic carbocycles. The van der Waals surface area contributed by atoms with Crippen LogP contribution in [0.4, 0.5) is 9.18 Å². The lowest BCUT2D eigenvalue weighted by molar-refractivity contribution is -0.142. The minimum atomic E-state index is -1.16. The summed E-state index contributed by atoms with van der Waals surface area (Å²) < 4.78 is 13.1. The van der Waals surface area contributed by atoms with E-state index in [2.05, 4.69) is 0 Å². The van der Waals surface area contributed by atoms with Gasteiger partial charge in [-0.05, 0) is 28.6 Å². The van der Waals surface area contributed by atoms with Crippen molar-refractivity contribution < 1.29 is 24.3 Å². The second-order valence-electron chi connectivity index (χ2n) is 5.47. The van der Waals surface area contributed by atoms with Gasteiger partial charge >= 0.3 is 12.0 Å². The van der Waals surface area contributed by atoms with Crippen molar-refractivity contribution in [3.8, 4) is 11.1 Å². The van der Waals surface area contributed by atoms with E-state index in [4.69, 9.17) is 0 Å². The van der Waals surface area contributed by atoms with Crippen LogP contribution in [0.5, 0.6) is 0 Å². The van der Waals surface area contributed by atoms with Gasteiger partial charge in [0.2, 0.25) is 0 Å². The number of halogens is 1. The van der Waals surface area contributed by atoms with Crippen molar-refractivity contribution in [2.24, 2.45) is 0 Å². The number of hydrogen-bond acceptors (Lipinski definition) is 4. The van der Waals surface area contributed by atoms with E-state index in [-0.39, 0.29) is 12.4 Å². The zero-order valence-electron chi connectivity index (χ0n) is 11.6. The Bertz CT molecular complexity index is 819. The van der Waals surface area contributed by atoms with E-state index in [1.807, 2.05) is 0 Å². The summed E-state index contributed by atoms with van der Waals surface area (Å²) in [5.41, 5.74) is 1.82. The van der Waals surface area contributed by atoms with Crippen molar-refractivity contribution in [3.05, 3.63) is 45.9 Å². The number of hydrogen-bond donors (Lipinski definition) is 2. The molecule has 2 aromatic rings. The summed E-state index contributed by atoms with van der Waals surface area (Å²) in [5, 5.41) is 21.9. The number of fused-ring (bicyclic) bond motifs is 4. The van der Waals surface area contributed by atoms with Gasteiger partial charge in [-0.1, -0.05) is 12.1 Å². The first-order valence-electron chi connectivity index (χ1n) is 6.87. The number of benzene rings is 1. The molecule has 0 spiro atoms. The normalized spacial score (nSPS) is 22.4. The Morgan fingerprint density at radius 2 is 2.00 bits per heavy atom. The van der Waals surface area contributed by atoms with Gasteiger partial charge in [-0.2, -0.15) is 5.06 Å². The average molecular weight is 334 g/mol. The van der Waals surface area contributed by atoms with E-state index in [9.17, 15) is 24.3 Å². The molecule has 1 saturated heterocycles. The molecule has 0 saturated carbocycles. The van der Waals surface area contributed by atoms with E-state index in [0.717, 1.165) is 4.90 Å². The molecule has 4 rings (SSSR count). The smallest absolute Gasteiger partial charge is 0.345 e. The molecule has 2 atom stereocenters. The van der Waals surface area contributed by atoms with Crippen LogP contribution in [0.15, 0.2) is 29.6 Å². The molecule has 0 aliphatic carbocycles. The van der Waals surface area contributed by atoms with Crippen molar-refractivity contribution in [1.29, 1.82) is 0 Å². The Morgan fingerprint density at radius 3 is 2.65 bits per heavy atom. The molecule has 8 heteroatoms. The Labute approximate surface area is 133 Å². The molecule has 23 heavy (non-hydrogen) atoms. The predicted molar refractivity (Wildman–Crippen MR) is 78.6 cm³/mol. The first kappa shape index (κ1) is 14.2. The molecule has 6 nitrogen and oxygen atoms in total. The summed E-state index contributed by atoms with van der Waals surface area (Å²) >= 11 is 1.30. The second-order valence-corrected chi connectivity index (χ2v) is 6.38. The van der Waals surface area contributed by atoms with Crippen molar-refractivity contribution in [2.45, 2.75) is 12.1 Å². The van der Waals surface area contributed by atoms with Gasteiger partial charge in [0.15, 0.2) is 6.04 Å². The number of carboxylic acid groups (broad SMARTS) is 1. The number of nitrogens with zero attached hydrogens (tertiary/aromatic N) is 2. The second kappa shape index (κ2) is 4.77. The van der Waals surface area contributed by atoms with E-state index in [1.165, 1.54) is 23.5 Å². The Balaban J connectivity index is 1.92. The van der Waals surface area contributed by atoms with Crippen molar-refractivity contribution >= 4 is 23.3 Å². The molecular formula is C15H11FN2O4S. The van der Waals surface area contributed by atoms with E-state index >= 15 is 0 Å². The number of carbonyl (C=O) groups is 2. The van der Waals surface area contributed by atoms with Gasteiger partial charge in [0.25, 0.3) is 0 Å². The number of amides is 2. The molecule has 2 aliphatic rings. The van der Waals surface area contributed by atoms with Crippen LogP contribution in [-0.4, -0.2) is 38.8 Å². The monoisotopic (exact) mass is 334 g/mol. The van der Waals surface area contributed by atoms with E-state index in [0.29, 0.717) is 26.6 Å². The molecule has 118 valence electrons. The molecule has 1 fully saturated rings. The molecule has 2 N–H and O–H groups in total. The van der Waals surface area contributed by atoms with Gasteiger partial charge in [0, 0.05) is 10.4 Å². The molecule has 0 radical (unpaired) electrons. The van der Waals surface area contributed by atoms with Crippen LogP contribution in [0.3, 0.4) is 0 Å². The van der Waals surface area contributed by atoms with Gasteiger partial charge in [0.05, 0.1) is 6.54 Å². The highest BCUT2D eigenvalue weighted by Crippen LogP contribution is 2.49. The zero-order chi connectivity index (χ0) is 16.3. The lowest BCUT2D eigenvalue weighted by Crippen LogP contribution is -2.38. The van der Waals surface area contributed by atoms with Crippen LogP contribution in [0.1, 0.15) is 22.5 Å². The largest absolute Gasteiger partial charge is 0.479 e. The zero-order valence-corrected chi connectivity index (χ0v) is 12.5. The summed E-state index contributed by atoms with van der Waals surface area (Å²) in [4.78, 5) is 25.6. The molecule has 2 aliphatic heterocycles.